The summed E-state index contributed by atoms with van der Waals surface area (Å²) in [7, 11) is 0. The molecule has 1 atom stereocenters. The molecule has 0 spiro atoms. The second kappa shape index (κ2) is 6.87. The first kappa shape index (κ1) is 14.3. The number of benzene rings is 2. The zero-order valence-corrected chi connectivity index (χ0v) is 11.5. The van der Waals surface area contributed by atoms with Gasteiger partial charge in [-0.3, -0.25) is 4.79 Å². The lowest BCUT2D eigenvalue weighted by molar-refractivity contribution is -0.109. The van der Waals surface area contributed by atoms with E-state index in [9.17, 15) is 9.59 Å². The standard InChI is InChI=1S/C16H14ClNO2/c17-15-9-5-4-8-14(15)16(20)18-13(11-19)10-12-6-2-1-3-7-12/h1-9,11,13H,10H2,(H,18,20). The zero-order valence-electron chi connectivity index (χ0n) is 10.8. The van der Waals surface area contributed by atoms with Crippen molar-refractivity contribution in [2.24, 2.45) is 0 Å². The molecule has 0 aliphatic rings. The number of nitrogens with one attached hydrogen (secondary N) is 1. The van der Waals surface area contributed by atoms with Gasteiger partial charge in [-0.05, 0) is 24.1 Å². The van der Waals surface area contributed by atoms with Crippen LogP contribution in [0.2, 0.25) is 5.02 Å². The number of hydrogen-bond donors (Lipinski definition) is 1. The van der Waals surface area contributed by atoms with Crippen LogP contribution >= 0.6 is 11.6 Å². The number of aldehydes is 1. The van der Waals surface area contributed by atoms with E-state index in [1.807, 2.05) is 30.3 Å². The molecule has 2 aromatic rings. The molecule has 4 heteroatoms. The fraction of sp³-hybridized carbons (Fsp3) is 0.125. The molecule has 0 aliphatic carbocycles. The van der Waals surface area contributed by atoms with Crippen LogP contribution < -0.4 is 5.32 Å². The monoisotopic (exact) mass is 287 g/mol. The molecule has 2 aromatic carbocycles. The summed E-state index contributed by atoms with van der Waals surface area (Å²) in [5.41, 5.74) is 1.36. The Morgan fingerprint density at radius 1 is 1.10 bits per heavy atom. The SMILES string of the molecule is O=CC(Cc1ccccc1)NC(=O)c1ccccc1Cl. The fourth-order valence-corrected chi connectivity index (χ4v) is 2.11. The van der Waals surface area contributed by atoms with E-state index in [4.69, 9.17) is 11.6 Å². The summed E-state index contributed by atoms with van der Waals surface area (Å²) < 4.78 is 0. The van der Waals surface area contributed by atoms with Crippen LogP contribution in [0.25, 0.3) is 0 Å². The van der Waals surface area contributed by atoms with Gasteiger partial charge in [-0.1, -0.05) is 54.1 Å². The minimum absolute atomic E-state index is 0.344. The van der Waals surface area contributed by atoms with Crippen molar-refractivity contribution in [1.29, 1.82) is 0 Å². The molecule has 1 unspecified atom stereocenters. The average molecular weight is 288 g/mol. The summed E-state index contributed by atoms with van der Waals surface area (Å²) >= 11 is 5.96. The quantitative estimate of drug-likeness (QED) is 0.860. The van der Waals surface area contributed by atoms with Crippen LogP contribution in [-0.4, -0.2) is 18.2 Å². The van der Waals surface area contributed by atoms with E-state index in [2.05, 4.69) is 5.32 Å². The van der Waals surface area contributed by atoms with Gasteiger partial charge in [-0.15, -0.1) is 0 Å². The predicted octanol–water partition coefficient (Wildman–Crippen LogP) is 2.88. The van der Waals surface area contributed by atoms with E-state index < -0.39 is 6.04 Å². The number of rotatable bonds is 5. The molecule has 0 saturated heterocycles. The smallest absolute Gasteiger partial charge is 0.253 e. The van der Waals surface area contributed by atoms with Gasteiger partial charge in [0.2, 0.25) is 0 Å². The van der Waals surface area contributed by atoms with Gasteiger partial charge in [-0.25, -0.2) is 0 Å². The highest BCUT2D eigenvalue weighted by Gasteiger charge is 2.15. The van der Waals surface area contributed by atoms with Crippen molar-refractivity contribution >= 4 is 23.8 Å². The number of amides is 1. The molecule has 0 fully saturated rings. The number of carbonyl (C=O) groups excluding carboxylic acids is 2. The van der Waals surface area contributed by atoms with E-state index in [1.165, 1.54) is 0 Å². The molecule has 1 N–H and O–H groups in total. The molecule has 0 aromatic heterocycles. The lowest BCUT2D eigenvalue weighted by Crippen LogP contribution is -2.37. The van der Waals surface area contributed by atoms with E-state index in [1.54, 1.807) is 24.3 Å². The molecule has 0 saturated carbocycles. The van der Waals surface area contributed by atoms with Crippen molar-refractivity contribution in [1.82, 2.24) is 5.32 Å². The Bertz CT molecular complexity index is 598. The van der Waals surface area contributed by atoms with Crippen LogP contribution in [0.4, 0.5) is 0 Å². The first-order valence-corrected chi connectivity index (χ1v) is 6.63. The largest absolute Gasteiger partial charge is 0.342 e. The molecule has 102 valence electrons. The van der Waals surface area contributed by atoms with Gasteiger partial charge in [0.25, 0.3) is 5.91 Å². The molecular weight excluding hydrogens is 274 g/mol. The molecule has 2 rings (SSSR count). The van der Waals surface area contributed by atoms with E-state index >= 15 is 0 Å². The second-order valence-electron chi connectivity index (χ2n) is 4.39. The minimum atomic E-state index is -0.568. The topological polar surface area (TPSA) is 46.2 Å². The molecule has 0 bridgehead atoms. The first-order chi connectivity index (χ1) is 9.70. The normalized spacial score (nSPS) is 11.7. The van der Waals surface area contributed by atoms with E-state index in [0.717, 1.165) is 11.8 Å². The summed E-state index contributed by atoms with van der Waals surface area (Å²) in [5, 5.41) is 3.05. The van der Waals surface area contributed by atoms with Crippen molar-refractivity contribution < 1.29 is 9.59 Å². The van der Waals surface area contributed by atoms with Crippen molar-refractivity contribution in [3.05, 3.63) is 70.7 Å². The van der Waals surface area contributed by atoms with Crippen molar-refractivity contribution in [3.63, 3.8) is 0 Å². The highest BCUT2D eigenvalue weighted by Crippen LogP contribution is 2.14. The zero-order chi connectivity index (χ0) is 14.4. The van der Waals surface area contributed by atoms with Crippen molar-refractivity contribution in [2.75, 3.05) is 0 Å². The Kier molecular flexibility index (Phi) is 4.91. The second-order valence-corrected chi connectivity index (χ2v) is 4.79. The van der Waals surface area contributed by atoms with Crippen LogP contribution in [0.5, 0.6) is 0 Å². The Labute approximate surface area is 122 Å². The van der Waals surface area contributed by atoms with Gasteiger partial charge in [-0.2, -0.15) is 0 Å². The molecule has 0 radical (unpaired) electrons. The first-order valence-electron chi connectivity index (χ1n) is 6.25. The van der Waals surface area contributed by atoms with Crippen LogP contribution in [0.15, 0.2) is 54.6 Å². The summed E-state index contributed by atoms with van der Waals surface area (Å²) in [6.45, 7) is 0. The van der Waals surface area contributed by atoms with Crippen molar-refractivity contribution in [3.8, 4) is 0 Å². The van der Waals surface area contributed by atoms with Gasteiger partial charge >= 0.3 is 0 Å². The maximum Gasteiger partial charge on any atom is 0.253 e. The molecule has 20 heavy (non-hydrogen) atoms. The van der Waals surface area contributed by atoms with Crippen LogP contribution in [-0.2, 0) is 11.2 Å². The highest BCUT2D eigenvalue weighted by atomic mass is 35.5. The summed E-state index contributed by atoms with van der Waals surface area (Å²) in [4.78, 5) is 23.2. The lowest BCUT2D eigenvalue weighted by Gasteiger charge is -2.13. The van der Waals surface area contributed by atoms with Gasteiger partial charge in [0.1, 0.15) is 6.29 Å². The summed E-state index contributed by atoms with van der Waals surface area (Å²) in [6, 6.07) is 15.7. The number of halogens is 1. The van der Waals surface area contributed by atoms with Gasteiger partial charge in [0, 0.05) is 0 Å². The Morgan fingerprint density at radius 2 is 1.75 bits per heavy atom. The number of hydrogen-bond acceptors (Lipinski definition) is 2. The summed E-state index contributed by atoms with van der Waals surface area (Å²) in [5.74, 6) is -0.344. The Morgan fingerprint density at radius 3 is 2.40 bits per heavy atom. The third-order valence-electron chi connectivity index (χ3n) is 2.90. The van der Waals surface area contributed by atoms with Gasteiger partial charge < -0.3 is 10.1 Å². The molecule has 3 nitrogen and oxygen atoms in total. The fourth-order valence-electron chi connectivity index (χ4n) is 1.89. The average Bonchev–Trinajstić information content (AvgIpc) is 2.48. The third kappa shape index (κ3) is 3.68. The predicted molar refractivity (Wildman–Crippen MR) is 78.9 cm³/mol. The molecule has 1 amide bonds. The van der Waals surface area contributed by atoms with Crippen LogP contribution in [0, 0.1) is 0 Å². The molecule has 0 heterocycles. The van der Waals surface area contributed by atoms with Gasteiger partial charge in [0.15, 0.2) is 0 Å². The maximum atomic E-state index is 12.1. The third-order valence-corrected chi connectivity index (χ3v) is 3.23. The van der Waals surface area contributed by atoms with Crippen LogP contribution in [0.1, 0.15) is 15.9 Å². The maximum absolute atomic E-state index is 12.1. The van der Waals surface area contributed by atoms with Crippen molar-refractivity contribution in [2.45, 2.75) is 12.5 Å². The molecular formula is C16H14ClNO2. The Balaban J connectivity index is 2.05. The lowest BCUT2D eigenvalue weighted by atomic mass is 10.1. The Hall–Kier alpha value is -2.13. The highest BCUT2D eigenvalue weighted by molar-refractivity contribution is 6.33. The van der Waals surface area contributed by atoms with Crippen LogP contribution in [0.3, 0.4) is 0 Å². The minimum Gasteiger partial charge on any atom is -0.342 e. The molecule has 0 aliphatic heterocycles. The summed E-state index contributed by atoms with van der Waals surface area (Å²) in [6.07, 6.45) is 1.20. The van der Waals surface area contributed by atoms with E-state index in [-0.39, 0.29) is 5.91 Å². The van der Waals surface area contributed by atoms with E-state index in [0.29, 0.717) is 17.0 Å². The van der Waals surface area contributed by atoms with Gasteiger partial charge in [0.05, 0.1) is 16.6 Å². The number of carbonyl (C=O) groups is 2.